The Labute approximate surface area is 260 Å². The van der Waals surface area contributed by atoms with Crippen molar-refractivity contribution in [2.75, 3.05) is 17.3 Å². The highest BCUT2D eigenvalue weighted by Crippen LogP contribution is 2.54. The number of imide groups is 1. The monoisotopic (exact) mass is 680 g/mol. The average Bonchev–Trinajstić information content (AvgIpc) is 3.43. The number of hydrogen-bond acceptors (Lipinski definition) is 9. The summed E-state index contributed by atoms with van der Waals surface area (Å²) in [6.45, 7) is -0.291. The maximum absolute atomic E-state index is 14.0. The molecule has 3 aromatic carbocycles. The van der Waals surface area contributed by atoms with Gasteiger partial charge < -0.3 is 10.1 Å². The molecule has 0 spiro atoms. The summed E-state index contributed by atoms with van der Waals surface area (Å²) in [5, 5.41) is 13.5. The lowest BCUT2D eigenvalue weighted by atomic mass is 9.83. The van der Waals surface area contributed by atoms with Crippen LogP contribution in [0.1, 0.15) is 16.4 Å². The summed E-state index contributed by atoms with van der Waals surface area (Å²) in [6.07, 6.45) is 0. The van der Waals surface area contributed by atoms with Crippen molar-refractivity contribution in [1.29, 1.82) is 0 Å². The third-order valence-corrected chi connectivity index (χ3v) is 10.3. The van der Waals surface area contributed by atoms with E-state index in [9.17, 15) is 29.3 Å². The van der Waals surface area contributed by atoms with E-state index < -0.39 is 39.7 Å². The van der Waals surface area contributed by atoms with Crippen LogP contribution in [0, 0.1) is 16.0 Å². The largest absolute Gasteiger partial charge is 0.497 e. The molecule has 11 nitrogen and oxygen atoms in total. The first-order chi connectivity index (χ1) is 20.7. The highest BCUT2D eigenvalue weighted by Gasteiger charge is 2.56. The molecule has 14 heteroatoms. The van der Waals surface area contributed by atoms with Crippen molar-refractivity contribution in [1.82, 2.24) is 4.57 Å². The Morgan fingerprint density at radius 2 is 1.77 bits per heavy atom. The highest BCUT2D eigenvalue weighted by atomic mass is 79.9. The summed E-state index contributed by atoms with van der Waals surface area (Å²) in [5.41, 5.74) is 1.32. The predicted octanol–water partition coefficient (Wildman–Crippen LogP) is 5.02. The Morgan fingerprint density at radius 3 is 2.42 bits per heavy atom. The number of carbonyl (C=O) groups is 3. The SMILES string of the molecule is COc1ccc(NC(=O)Cn2c3c(sc2=O)C(c2cccc(Br)c2)C2C(=O)N(c4ccc([N+](=O)[O-])cc4)C(=O)C2S3)cc1. The molecule has 4 aromatic rings. The molecule has 1 saturated heterocycles. The second-order valence-corrected chi connectivity index (χ2v) is 12.8. The molecule has 1 N–H and O–H groups in total. The van der Waals surface area contributed by atoms with Gasteiger partial charge in [0.05, 0.1) is 28.7 Å². The number of hydrogen-bond donors (Lipinski definition) is 1. The molecule has 43 heavy (non-hydrogen) atoms. The van der Waals surface area contributed by atoms with Crippen LogP contribution >= 0.6 is 39.0 Å². The van der Waals surface area contributed by atoms with E-state index in [1.165, 1.54) is 35.9 Å². The molecule has 2 aliphatic heterocycles. The molecule has 0 radical (unpaired) electrons. The van der Waals surface area contributed by atoms with Crippen LogP contribution in [0.2, 0.25) is 0 Å². The molecule has 3 heterocycles. The van der Waals surface area contributed by atoms with E-state index in [1.54, 1.807) is 24.3 Å². The first-order valence-corrected chi connectivity index (χ1v) is 15.4. The number of carbonyl (C=O) groups excluding carboxylic acids is 3. The smallest absolute Gasteiger partial charge is 0.308 e. The Bertz CT molecular complexity index is 1840. The Hall–Kier alpha value is -4.27. The van der Waals surface area contributed by atoms with Crippen molar-refractivity contribution >= 4 is 73.8 Å². The van der Waals surface area contributed by atoms with Crippen molar-refractivity contribution in [2.45, 2.75) is 22.7 Å². The lowest BCUT2D eigenvalue weighted by Gasteiger charge is -2.30. The van der Waals surface area contributed by atoms with Gasteiger partial charge in [-0.05, 0) is 54.1 Å². The third-order valence-electron chi connectivity index (χ3n) is 7.25. The number of halogens is 1. The first-order valence-electron chi connectivity index (χ1n) is 12.9. The number of anilines is 2. The maximum Gasteiger partial charge on any atom is 0.308 e. The van der Waals surface area contributed by atoms with Crippen LogP contribution in [0.3, 0.4) is 0 Å². The number of nitro benzene ring substituents is 1. The zero-order valence-corrected chi connectivity index (χ0v) is 25.5. The Balaban J connectivity index is 1.38. The summed E-state index contributed by atoms with van der Waals surface area (Å²) in [4.78, 5) is 66.0. The van der Waals surface area contributed by atoms with E-state index in [1.807, 2.05) is 24.3 Å². The van der Waals surface area contributed by atoms with E-state index in [-0.39, 0.29) is 22.8 Å². The van der Waals surface area contributed by atoms with E-state index >= 15 is 0 Å². The van der Waals surface area contributed by atoms with Crippen LogP contribution in [0.4, 0.5) is 17.1 Å². The number of nitro groups is 1. The van der Waals surface area contributed by atoms with Gasteiger partial charge in [-0.25, -0.2) is 4.90 Å². The lowest BCUT2D eigenvalue weighted by molar-refractivity contribution is -0.384. The molecular formula is C29H21BrN4O7S2. The Kier molecular flexibility index (Phi) is 7.66. The number of nitrogens with zero attached hydrogens (tertiary/aromatic N) is 3. The van der Waals surface area contributed by atoms with Gasteiger partial charge in [-0.15, -0.1) is 0 Å². The van der Waals surface area contributed by atoms with Gasteiger partial charge in [-0.1, -0.05) is 51.2 Å². The van der Waals surface area contributed by atoms with Crippen LogP contribution in [-0.4, -0.2) is 39.6 Å². The molecule has 3 atom stereocenters. The topological polar surface area (TPSA) is 141 Å². The zero-order chi connectivity index (χ0) is 30.4. The van der Waals surface area contributed by atoms with Crippen molar-refractivity contribution in [3.8, 4) is 5.75 Å². The number of ether oxygens (including phenoxy) is 1. The number of amides is 3. The summed E-state index contributed by atoms with van der Waals surface area (Å²) in [7, 11) is 1.54. The number of non-ortho nitro benzene ring substituents is 1. The first kappa shape index (κ1) is 28.8. The van der Waals surface area contributed by atoms with Crippen LogP contribution in [0.15, 0.2) is 87.1 Å². The van der Waals surface area contributed by atoms with Gasteiger partial charge in [0, 0.05) is 33.1 Å². The fourth-order valence-corrected chi connectivity index (χ4v) is 8.50. The fraction of sp³-hybridized carbons (Fsp3) is 0.172. The molecule has 0 saturated carbocycles. The van der Waals surface area contributed by atoms with Crippen molar-refractivity contribution in [2.24, 2.45) is 5.92 Å². The molecule has 2 aliphatic rings. The fourth-order valence-electron chi connectivity index (χ4n) is 5.31. The second kappa shape index (κ2) is 11.4. The highest BCUT2D eigenvalue weighted by molar-refractivity contribution is 9.10. The second-order valence-electron chi connectivity index (χ2n) is 9.78. The number of rotatable bonds is 7. The minimum atomic E-state index is -0.885. The van der Waals surface area contributed by atoms with Crippen molar-refractivity contribution in [3.05, 3.63) is 107 Å². The van der Waals surface area contributed by atoms with Gasteiger partial charge >= 0.3 is 4.87 Å². The number of fused-ring (bicyclic) bond motifs is 2. The summed E-state index contributed by atoms with van der Waals surface area (Å²) >= 11 is 5.53. The lowest BCUT2D eigenvalue weighted by Crippen LogP contribution is -2.33. The molecule has 218 valence electrons. The standard InChI is InChI=1S/C29H21BrN4O7S2/c1-41-20-11-5-17(6-12-20)31-21(35)14-32-28-25(43-29(32)38)22(15-3-2-4-16(30)13-15)23-24(42-28)27(37)33(26(23)36)18-7-9-19(10-8-18)34(39)40/h2-13,22-24H,14H2,1H3,(H,31,35). The average molecular weight is 682 g/mol. The van der Waals surface area contributed by atoms with Gasteiger partial charge in [0.15, 0.2) is 0 Å². The molecule has 1 aromatic heterocycles. The van der Waals surface area contributed by atoms with Gasteiger partial charge in [0.25, 0.3) is 5.69 Å². The van der Waals surface area contributed by atoms with Crippen molar-refractivity contribution < 1.29 is 24.0 Å². The quantitative estimate of drug-likeness (QED) is 0.163. The van der Waals surface area contributed by atoms with E-state index in [2.05, 4.69) is 21.2 Å². The van der Waals surface area contributed by atoms with Crippen LogP contribution in [0.5, 0.6) is 5.75 Å². The van der Waals surface area contributed by atoms with Crippen molar-refractivity contribution in [3.63, 3.8) is 0 Å². The molecule has 6 rings (SSSR count). The van der Waals surface area contributed by atoms with E-state index in [0.29, 0.717) is 21.3 Å². The molecule has 1 fully saturated rings. The predicted molar refractivity (Wildman–Crippen MR) is 165 cm³/mol. The van der Waals surface area contributed by atoms with Crippen LogP contribution in [0.25, 0.3) is 0 Å². The number of thiazole rings is 1. The minimum Gasteiger partial charge on any atom is -0.497 e. The van der Waals surface area contributed by atoms with Crippen LogP contribution < -0.4 is 19.8 Å². The summed E-state index contributed by atoms with van der Waals surface area (Å²) in [6, 6.07) is 19.3. The number of nitrogens with one attached hydrogen (secondary N) is 1. The summed E-state index contributed by atoms with van der Waals surface area (Å²) < 4.78 is 7.25. The van der Waals surface area contributed by atoms with Gasteiger partial charge in [-0.3, -0.25) is 33.9 Å². The number of aromatic nitrogens is 1. The molecular weight excluding hydrogens is 660 g/mol. The zero-order valence-electron chi connectivity index (χ0n) is 22.3. The molecule has 3 amide bonds. The Morgan fingerprint density at radius 1 is 1.05 bits per heavy atom. The number of benzene rings is 3. The third kappa shape index (κ3) is 5.26. The maximum atomic E-state index is 14.0. The van der Waals surface area contributed by atoms with Gasteiger partial charge in [0.1, 0.15) is 17.5 Å². The van der Waals surface area contributed by atoms with E-state index in [4.69, 9.17) is 4.74 Å². The number of methoxy groups -OCH3 is 1. The summed E-state index contributed by atoms with van der Waals surface area (Å²) in [5.74, 6) is -2.24. The molecule has 3 unspecified atom stereocenters. The molecule has 0 bridgehead atoms. The van der Waals surface area contributed by atoms with Gasteiger partial charge in [-0.2, -0.15) is 0 Å². The van der Waals surface area contributed by atoms with E-state index in [0.717, 1.165) is 38.0 Å². The normalized spacial score (nSPS) is 19.1. The molecule has 0 aliphatic carbocycles. The number of thioether (sulfide) groups is 1. The van der Waals surface area contributed by atoms with Crippen LogP contribution in [-0.2, 0) is 20.9 Å². The van der Waals surface area contributed by atoms with Gasteiger partial charge in [0.2, 0.25) is 17.7 Å². The minimum absolute atomic E-state index is 0.166.